The van der Waals surface area contributed by atoms with Crippen molar-refractivity contribution in [3.63, 3.8) is 0 Å². The molecule has 0 radical (unpaired) electrons. The highest BCUT2D eigenvalue weighted by Gasteiger charge is 2.30. The molecule has 1 amide bonds. The number of carbonyl (C=O) groups is 1. The minimum absolute atomic E-state index is 0. The van der Waals surface area contributed by atoms with E-state index in [1.807, 2.05) is 30.3 Å². The first-order valence-electron chi connectivity index (χ1n) is 7.53. The van der Waals surface area contributed by atoms with Crippen LogP contribution >= 0.6 is 12.4 Å². The van der Waals surface area contributed by atoms with E-state index in [-0.39, 0.29) is 43.0 Å². The molecular formula is C16H25ClN2O3. The number of nitrogens with one attached hydrogen (secondary N) is 1. The molecule has 6 heteroatoms. The summed E-state index contributed by atoms with van der Waals surface area (Å²) in [4.78, 5) is 12.1. The van der Waals surface area contributed by atoms with E-state index < -0.39 is 0 Å². The summed E-state index contributed by atoms with van der Waals surface area (Å²) in [5.74, 6) is 0.0386. The Morgan fingerprint density at radius 3 is 2.68 bits per heavy atom. The second-order valence-corrected chi connectivity index (χ2v) is 5.42. The predicted molar refractivity (Wildman–Crippen MR) is 88.1 cm³/mol. The zero-order chi connectivity index (χ0) is 15.1. The van der Waals surface area contributed by atoms with Crippen LogP contribution in [0.5, 0.6) is 0 Å². The zero-order valence-electron chi connectivity index (χ0n) is 12.6. The zero-order valence-corrected chi connectivity index (χ0v) is 13.4. The van der Waals surface area contributed by atoms with E-state index in [9.17, 15) is 9.90 Å². The average Bonchev–Trinajstić information content (AvgIpc) is 3.01. The Bertz CT molecular complexity index is 444. The Hall–Kier alpha value is -1.14. The van der Waals surface area contributed by atoms with E-state index in [0.29, 0.717) is 19.5 Å². The number of carbonyl (C=O) groups excluding carboxylic acids is 1. The third kappa shape index (κ3) is 5.25. The fourth-order valence-electron chi connectivity index (χ4n) is 2.68. The van der Waals surface area contributed by atoms with E-state index >= 15 is 0 Å². The van der Waals surface area contributed by atoms with Crippen molar-refractivity contribution in [2.24, 2.45) is 5.73 Å². The lowest BCUT2D eigenvalue weighted by Gasteiger charge is -2.19. The van der Waals surface area contributed by atoms with Crippen molar-refractivity contribution < 1.29 is 14.6 Å². The number of nitrogens with two attached hydrogens (primary N) is 1. The van der Waals surface area contributed by atoms with Crippen LogP contribution in [-0.4, -0.2) is 42.9 Å². The largest absolute Gasteiger partial charge is 0.396 e. The lowest BCUT2D eigenvalue weighted by Crippen LogP contribution is -2.37. The highest BCUT2D eigenvalue weighted by atomic mass is 35.5. The van der Waals surface area contributed by atoms with Crippen LogP contribution in [0.2, 0.25) is 0 Å². The summed E-state index contributed by atoms with van der Waals surface area (Å²) in [7, 11) is 0. The van der Waals surface area contributed by atoms with Gasteiger partial charge in [-0.05, 0) is 24.8 Å². The maximum absolute atomic E-state index is 12.1. The van der Waals surface area contributed by atoms with Gasteiger partial charge >= 0.3 is 0 Å². The molecule has 124 valence electrons. The molecule has 1 aromatic rings. The number of aliphatic hydroxyl groups excluding tert-OH is 1. The Kier molecular flexibility index (Phi) is 8.42. The second kappa shape index (κ2) is 9.79. The van der Waals surface area contributed by atoms with Crippen molar-refractivity contribution in [3.05, 3.63) is 35.9 Å². The first kappa shape index (κ1) is 18.9. The molecule has 1 aliphatic heterocycles. The molecule has 4 N–H and O–H groups in total. The van der Waals surface area contributed by atoms with Crippen LogP contribution in [0.1, 0.15) is 30.7 Å². The van der Waals surface area contributed by atoms with Gasteiger partial charge in [-0.15, -0.1) is 12.4 Å². The quantitative estimate of drug-likeness (QED) is 0.702. The maximum Gasteiger partial charge on any atom is 0.249 e. The number of hydrogen-bond acceptors (Lipinski definition) is 4. The molecule has 0 aromatic heterocycles. The molecule has 5 nitrogen and oxygen atoms in total. The smallest absolute Gasteiger partial charge is 0.249 e. The summed E-state index contributed by atoms with van der Waals surface area (Å²) < 4.78 is 5.58. The first-order chi connectivity index (χ1) is 10.2. The van der Waals surface area contributed by atoms with Gasteiger partial charge in [0, 0.05) is 25.6 Å². The molecule has 0 saturated carbocycles. The lowest BCUT2D eigenvalue weighted by atomic mass is 9.96. The monoisotopic (exact) mass is 328 g/mol. The van der Waals surface area contributed by atoms with Crippen LogP contribution < -0.4 is 11.1 Å². The normalized spacial score (nSPS) is 21.9. The molecule has 1 aromatic carbocycles. The van der Waals surface area contributed by atoms with Crippen molar-refractivity contribution >= 4 is 18.3 Å². The van der Waals surface area contributed by atoms with Crippen molar-refractivity contribution in [1.29, 1.82) is 0 Å². The van der Waals surface area contributed by atoms with Gasteiger partial charge < -0.3 is 20.9 Å². The average molecular weight is 329 g/mol. The molecule has 0 aliphatic carbocycles. The lowest BCUT2D eigenvalue weighted by molar-refractivity contribution is -0.131. The third-order valence-electron chi connectivity index (χ3n) is 3.93. The van der Waals surface area contributed by atoms with Gasteiger partial charge in [-0.2, -0.15) is 0 Å². The van der Waals surface area contributed by atoms with Crippen LogP contribution in [0, 0.1) is 0 Å². The van der Waals surface area contributed by atoms with Crippen LogP contribution in [0.15, 0.2) is 30.3 Å². The molecule has 2 rings (SSSR count). The van der Waals surface area contributed by atoms with Crippen molar-refractivity contribution in [1.82, 2.24) is 5.32 Å². The van der Waals surface area contributed by atoms with Gasteiger partial charge in [0.15, 0.2) is 0 Å². The first-order valence-corrected chi connectivity index (χ1v) is 7.53. The van der Waals surface area contributed by atoms with Gasteiger partial charge in [-0.3, -0.25) is 4.79 Å². The van der Waals surface area contributed by atoms with Crippen molar-refractivity contribution in [2.75, 3.05) is 19.7 Å². The Balaban J connectivity index is 0.00000242. The minimum Gasteiger partial charge on any atom is -0.396 e. The second-order valence-electron chi connectivity index (χ2n) is 5.42. The van der Waals surface area contributed by atoms with Crippen LogP contribution in [0.25, 0.3) is 0 Å². The molecule has 22 heavy (non-hydrogen) atoms. The van der Waals surface area contributed by atoms with Crippen molar-refractivity contribution in [2.45, 2.75) is 37.4 Å². The fourth-order valence-corrected chi connectivity index (χ4v) is 2.68. The SMILES string of the molecule is Cl.NC[C@H]1CC[C@@H](C(=O)NCC(CCO)c2ccccc2)O1. The van der Waals surface area contributed by atoms with Gasteiger partial charge in [0.25, 0.3) is 0 Å². The van der Waals surface area contributed by atoms with E-state index in [1.165, 1.54) is 0 Å². The Morgan fingerprint density at radius 2 is 2.09 bits per heavy atom. The van der Waals surface area contributed by atoms with Gasteiger partial charge in [-0.25, -0.2) is 0 Å². The fraction of sp³-hybridized carbons (Fsp3) is 0.562. The number of hydrogen-bond donors (Lipinski definition) is 3. The molecule has 1 saturated heterocycles. The molecule has 3 atom stereocenters. The standard InChI is InChI=1S/C16H24N2O3.ClH/c17-10-14-6-7-15(21-14)16(20)18-11-13(8-9-19)12-4-2-1-3-5-12;/h1-5,13-15,19H,6-11,17H2,(H,18,20);1H/t13?,14-,15+;/m1./s1. The van der Waals surface area contributed by atoms with Crippen LogP contribution in [-0.2, 0) is 9.53 Å². The topological polar surface area (TPSA) is 84.6 Å². The van der Waals surface area contributed by atoms with Crippen LogP contribution in [0.4, 0.5) is 0 Å². The molecule has 1 heterocycles. The van der Waals surface area contributed by atoms with E-state index in [1.54, 1.807) is 0 Å². The predicted octanol–water partition coefficient (Wildman–Crippen LogP) is 1.20. The van der Waals surface area contributed by atoms with E-state index in [0.717, 1.165) is 18.4 Å². The molecule has 1 unspecified atom stereocenters. The highest BCUT2D eigenvalue weighted by Crippen LogP contribution is 2.21. The van der Waals surface area contributed by atoms with E-state index in [2.05, 4.69) is 5.32 Å². The number of amides is 1. The number of rotatable bonds is 7. The number of ether oxygens (including phenoxy) is 1. The molecule has 1 aliphatic rings. The van der Waals surface area contributed by atoms with E-state index in [4.69, 9.17) is 10.5 Å². The number of benzene rings is 1. The number of halogens is 1. The highest BCUT2D eigenvalue weighted by molar-refractivity contribution is 5.85. The molecule has 1 fully saturated rings. The summed E-state index contributed by atoms with van der Waals surface area (Å²) in [6.07, 6.45) is 1.81. The van der Waals surface area contributed by atoms with Gasteiger partial charge in [-0.1, -0.05) is 30.3 Å². The molecular weight excluding hydrogens is 304 g/mol. The van der Waals surface area contributed by atoms with Crippen molar-refractivity contribution in [3.8, 4) is 0 Å². The molecule has 0 bridgehead atoms. The van der Waals surface area contributed by atoms with Crippen LogP contribution in [0.3, 0.4) is 0 Å². The van der Waals surface area contributed by atoms with Gasteiger partial charge in [0.1, 0.15) is 6.10 Å². The Morgan fingerprint density at radius 1 is 1.36 bits per heavy atom. The Labute approximate surface area is 137 Å². The summed E-state index contributed by atoms with van der Waals surface area (Å²) in [5, 5.41) is 12.1. The third-order valence-corrected chi connectivity index (χ3v) is 3.93. The molecule has 0 spiro atoms. The minimum atomic E-state index is -0.385. The summed E-state index contributed by atoms with van der Waals surface area (Å²) in [5.41, 5.74) is 6.67. The summed E-state index contributed by atoms with van der Waals surface area (Å²) in [6, 6.07) is 9.92. The van der Waals surface area contributed by atoms with Gasteiger partial charge in [0.2, 0.25) is 5.91 Å². The maximum atomic E-state index is 12.1. The number of aliphatic hydroxyl groups is 1. The van der Waals surface area contributed by atoms with Gasteiger partial charge in [0.05, 0.1) is 6.10 Å². The summed E-state index contributed by atoms with van der Waals surface area (Å²) in [6.45, 7) is 1.07. The summed E-state index contributed by atoms with van der Waals surface area (Å²) >= 11 is 0.